The normalized spacial score (nSPS) is 16.5. The fourth-order valence-corrected chi connectivity index (χ4v) is 2.82. The molecule has 0 spiro atoms. The molecule has 0 fully saturated rings. The van der Waals surface area contributed by atoms with Crippen LogP contribution in [0.25, 0.3) is 0 Å². The SMILES string of the molecule is Cc1ccc(OCCCN2C(=O)C(C)Oc3ccc(Cl)cc32)cc1. The number of carbonyl (C=O) groups excluding carboxylic acids is 1. The van der Waals surface area contributed by atoms with Gasteiger partial charge in [0.05, 0.1) is 12.3 Å². The summed E-state index contributed by atoms with van der Waals surface area (Å²) in [5, 5.41) is 0.584. The van der Waals surface area contributed by atoms with Crippen molar-refractivity contribution in [3.8, 4) is 11.5 Å². The van der Waals surface area contributed by atoms with Gasteiger partial charge in [-0.25, -0.2) is 0 Å². The smallest absolute Gasteiger partial charge is 0.267 e. The molecule has 1 amide bonds. The number of fused-ring (bicyclic) bond motifs is 1. The van der Waals surface area contributed by atoms with E-state index in [0.29, 0.717) is 23.9 Å². The minimum Gasteiger partial charge on any atom is -0.494 e. The lowest BCUT2D eigenvalue weighted by Gasteiger charge is -2.33. The van der Waals surface area contributed by atoms with Crippen LogP contribution in [-0.4, -0.2) is 25.2 Å². The van der Waals surface area contributed by atoms with E-state index in [4.69, 9.17) is 21.1 Å². The van der Waals surface area contributed by atoms with Crippen molar-refractivity contribution in [2.45, 2.75) is 26.4 Å². The zero-order valence-electron chi connectivity index (χ0n) is 13.8. The molecule has 5 heteroatoms. The number of nitrogens with zero attached hydrogens (tertiary/aromatic N) is 1. The number of benzene rings is 2. The first-order valence-electron chi connectivity index (χ1n) is 8.01. The molecule has 1 heterocycles. The molecule has 3 rings (SSSR count). The van der Waals surface area contributed by atoms with Gasteiger partial charge in [0.1, 0.15) is 11.5 Å². The van der Waals surface area contributed by atoms with Gasteiger partial charge in [0, 0.05) is 11.6 Å². The van der Waals surface area contributed by atoms with Crippen LogP contribution in [0.3, 0.4) is 0 Å². The third kappa shape index (κ3) is 3.65. The van der Waals surface area contributed by atoms with E-state index in [-0.39, 0.29) is 5.91 Å². The Morgan fingerprint density at radius 1 is 1.21 bits per heavy atom. The van der Waals surface area contributed by atoms with E-state index < -0.39 is 6.10 Å². The zero-order valence-corrected chi connectivity index (χ0v) is 14.5. The van der Waals surface area contributed by atoms with Crippen LogP contribution in [0.1, 0.15) is 18.9 Å². The molecule has 0 radical (unpaired) electrons. The third-order valence-corrected chi connectivity index (χ3v) is 4.18. The summed E-state index contributed by atoms with van der Waals surface area (Å²) in [5.74, 6) is 1.47. The summed E-state index contributed by atoms with van der Waals surface area (Å²) in [7, 11) is 0. The molecule has 1 aliphatic heterocycles. The van der Waals surface area contributed by atoms with E-state index in [0.717, 1.165) is 17.9 Å². The molecule has 4 nitrogen and oxygen atoms in total. The number of carbonyl (C=O) groups is 1. The van der Waals surface area contributed by atoms with Gasteiger partial charge in [-0.1, -0.05) is 29.3 Å². The summed E-state index contributed by atoms with van der Waals surface area (Å²) < 4.78 is 11.4. The van der Waals surface area contributed by atoms with E-state index in [9.17, 15) is 4.79 Å². The van der Waals surface area contributed by atoms with Crippen molar-refractivity contribution in [3.63, 3.8) is 0 Å². The molecule has 126 valence electrons. The minimum atomic E-state index is -0.489. The Labute approximate surface area is 146 Å². The lowest BCUT2D eigenvalue weighted by atomic mass is 10.2. The van der Waals surface area contributed by atoms with Crippen LogP contribution in [-0.2, 0) is 4.79 Å². The van der Waals surface area contributed by atoms with Crippen molar-refractivity contribution >= 4 is 23.2 Å². The maximum absolute atomic E-state index is 12.4. The molecule has 2 aromatic rings. The number of rotatable bonds is 5. The average molecular weight is 346 g/mol. The maximum atomic E-state index is 12.4. The molecule has 0 saturated heterocycles. The van der Waals surface area contributed by atoms with Crippen molar-refractivity contribution < 1.29 is 14.3 Å². The summed E-state index contributed by atoms with van der Waals surface area (Å²) in [5.41, 5.74) is 1.92. The molecule has 0 N–H and O–H groups in total. The summed E-state index contributed by atoms with van der Waals surface area (Å²) in [6.07, 6.45) is 0.231. The second kappa shape index (κ2) is 7.14. The Hall–Kier alpha value is -2.20. The molecule has 1 unspecified atom stereocenters. The molecular formula is C19H20ClNO3. The van der Waals surface area contributed by atoms with E-state index in [1.165, 1.54) is 5.56 Å². The van der Waals surface area contributed by atoms with E-state index in [2.05, 4.69) is 0 Å². The largest absolute Gasteiger partial charge is 0.494 e. The van der Waals surface area contributed by atoms with E-state index in [1.54, 1.807) is 30.0 Å². The Bertz CT molecular complexity index is 730. The van der Waals surface area contributed by atoms with Gasteiger partial charge in [-0.2, -0.15) is 0 Å². The highest BCUT2D eigenvalue weighted by molar-refractivity contribution is 6.31. The first kappa shape index (κ1) is 16.7. The zero-order chi connectivity index (χ0) is 17.1. The molecule has 1 atom stereocenters. The van der Waals surface area contributed by atoms with Crippen molar-refractivity contribution in [1.82, 2.24) is 0 Å². The van der Waals surface area contributed by atoms with Gasteiger partial charge in [0.15, 0.2) is 6.10 Å². The quantitative estimate of drug-likeness (QED) is 0.761. The highest BCUT2D eigenvalue weighted by Crippen LogP contribution is 2.36. The van der Waals surface area contributed by atoms with Crippen molar-refractivity contribution in [3.05, 3.63) is 53.1 Å². The summed E-state index contributed by atoms with van der Waals surface area (Å²) >= 11 is 6.06. The van der Waals surface area contributed by atoms with Gasteiger partial charge >= 0.3 is 0 Å². The summed E-state index contributed by atoms with van der Waals surface area (Å²) in [6, 6.07) is 13.3. The van der Waals surface area contributed by atoms with Crippen LogP contribution in [0, 0.1) is 6.92 Å². The predicted molar refractivity (Wildman–Crippen MR) is 95.2 cm³/mol. The summed E-state index contributed by atoms with van der Waals surface area (Å²) in [6.45, 7) is 4.90. The van der Waals surface area contributed by atoms with Gasteiger partial charge in [0.2, 0.25) is 0 Å². The van der Waals surface area contributed by atoms with Crippen molar-refractivity contribution in [1.29, 1.82) is 0 Å². The Morgan fingerprint density at radius 2 is 1.96 bits per heavy atom. The molecule has 0 aromatic heterocycles. The van der Waals surface area contributed by atoms with Gasteiger partial charge in [0.25, 0.3) is 5.91 Å². The minimum absolute atomic E-state index is 0.0555. The van der Waals surface area contributed by atoms with Gasteiger partial charge in [-0.3, -0.25) is 4.79 Å². The maximum Gasteiger partial charge on any atom is 0.267 e. The Kier molecular flexibility index (Phi) is 4.95. The fraction of sp³-hybridized carbons (Fsp3) is 0.316. The van der Waals surface area contributed by atoms with E-state index >= 15 is 0 Å². The molecule has 0 saturated carbocycles. The second-order valence-electron chi connectivity index (χ2n) is 5.88. The number of ether oxygens (including phenoxy) is 2. The third-order valence-electron chi connectivity index (χ3n) is 3.95. The van der Waals surface area contributed by atoms with Crippen LogP contribution in [0.2, 0.25) is 5.02 Å². The van der Waals surface area contributed by atoms with Gasteiger partial charge < -0.3 is 14.4 Å². The molecule has 0 bridgehead atoms. The molecule has 2 aromatic carbocycles. The van der Waals surface area contributed by atoms with Crippen molar-refractivity contribution in [2.24, 2.45) is 0 Å². The Balaban J connectivity index is 1.62. The van der Waals surface area contributed by atoms with Crippen LogP contribution >= 0.6 is 11.6 Å². The highest BCUT2D eigenvalue weighted by Gasteiger charge is 2.31. The first-order valence-corrected chi connectivity index (χ1v) is 8.39. The van der Waals surface area contributed by atoms with Gasteiger partial charge in [-0.05, 0) is 50.6 Å². The number of hydrogen-bond acceptors (Lipinski definition) is 3. The van der Waals surface area contributed by atoms with Crippen LogP contribution in [0.5, 0.6) is 11.5 Å². The second-order valence-corrected chi connectivity index (χ2v) is 6.31. The first-order chi connectivity index (χ1) is 11.5. The number of aryl methyl sites for hydroxylation is 1. The Morgan fingerprint density at radius 3 is 2.71 bits per heavy atom. The molecule has 1 aliphatic rings. The van der Waals surface area contributed by atoms with Crippen LogP contribution < -0.4 is 14.4 Å². The topological polar surface area (TPSA) is 38.8 Å². The predicted octanol–water partition coefficient (Wildman–Crippen LogP) is 4.23. The number of halogens is 1. The molecular weight excluding hydrogens is 326 g/mol. The van der Waals surface area contributed by atoms with Crippen LogP contribution in [0.15, 0.2) is 42.5 Å². The molecule has 0 aliphatic carbocycles. The number of amides is 1. The van der Waals surface area contributed by atoms with Gasteiger partial charge in [-0.15, -0.1) is 0 Å². The standard InChI is InChI=1S/C19H20ClNO3/c1-13-4-7-16(8-5-13)23-11-3-10-21-17-12-15(20)6-9-18(17)24-14(2)19(21)22/h4-9,12,14H,3,10-11H2,1-2H3. The number of hydrogen-bond donors (Lipinski definition) is 0. The lowest BCUT2D eigenvalue weighted by Crippen LogP contribution is -2.45. The average Bonchev–Trinajstić information content (AvgIpc) is 2.57. The summed E-state index contributed by atoms with van der Waals surface area (Å²) in [4.78, 5) is 14.1. The fourth-order valence-electron chi connectivity index (χ4n) is 2.66. The number of anilines is 1. The van der Waals surface area contributed by atoms with Crippen molar-refractivity contribution in [2.75, 3.05) is 18.1 Å². The lowest BCUT2D eigenvalue weighted by molar-refractivity contribution is -0.125. The monoisotopic (exact) mass is 345 g/mol. The highest BCUT2D eigenvalue weighted by atomic mass is 35.5. The molecule has 24 heavy (non-hydrogen) atoms. The van der Waals surface area contributed by atoms with E-state index in [1.807, 2.05) is 31.2 Å². The van der Waals surface area contributed by atoms with Crippen LogP contribution in [0.4, 0.5) is 5.69 Å².